The van der Waals surface area contributed by atoms with Crippen molar-refractivity contribution in [2.24, 2.45) is 5.92 Å². The Kier molecular flexibility index (Phi) is 5.45. The number of rotatable bonds is 7. The third-order valence-corrected chi connectivity index (χ3v) is 2.97. The summed E-state index contributed by atoms with van der Waals surface area (Å²) in [5.41, 5.74) is 0.0478. The highest BCUT2D eigenvalue weighted by Crippen LogP contribution is 2.20. The van der Waals surface area contributed by atoms with Crippen LogP contribution in [0.5, 0.6) is 0 Å². The molecule has 0 saturated heterocycles. The number of nitrogens with one attached hydrogen (secondary N) is 1. The summed E-state index contributed by atoms with van der Waals surface area (Å²) in [7, 11) is 0. The molecule has 116 valence electrons. The molecule has 0 bridgehead atoms. The molecule has 2 N–H and O–H groups in total. The van der Waals surface area contributed by atoms with E-state index in [0.29, 0.717) is 0 Å². The fraction of sp³-hybridized carbons (Fsp3) is 0.538. The van der Waals surface area contributed by atoms with E-state index in [4.69, 9.17) is 5.11 Å². The molecule has 8 nitrogen and oxygen atoms in total. The molecule has 1 unspecified atom stereocenters. The molecule has 1 aromatic heterocycles. The third-order valence-electron chi connectivity index (χ3n) is 2.97. The summed E-state index contributed by atoms with van der Waals surface area (Å²) in [6.07, 6.45) is 1.27. The molecule has 0 radical (unpaired) electrons. The fourth-order valence-corrected chi connectivity index (χ4v) is 1.90. The van der Waals surface area contributed by atoms with E-state index in [1.807, 2.05) is 13.8 Å². The highest BCUT2D eigenvalue weighted by atomic mass is 16.6. The van der Waals surface area contributed by atoms with E-state index in [0.717, 1.165) is 0 Å². The van der Waals surface area contributed by atoms with Crippen molar-refractivity contribution in [3.05, 3.63) is 28.1 Å². The van der Waals surface area contributed by atoms with Gasteiger partial charge < -0.3 is 15.0 Å². The lowest BCUT2D eigenvalue weighted by atomic mass is 10.1. The molecule has 1 atom stereocenters. The molecule has 1 rings (SSSR count). The van der Waals surface area contributed by atoms with Crippen molar-refractivity contribution in [3.8, 4) is 0 Å². The molecule has 0 fully saturated rings. The lowest BCUT2D eigenvalue weighted by Crippen LogP contribution is -2.31. The second-order valence-corrected chi connectivity index (χ2v) is 5.25. The number of nitro groups is 1. The zero-order valence-corrected chi connectivity index (χ0v) is 12.2. The van der Waals surface area contributed by atoms with E-state index < -0.39 is 16.8 Å². The number of aromatic nitrogens is 1. The first-order valence-corrected chi connectivity index (χ1v) is 6.58. The van der Waals surface area contributed by atoms with Crippen LogP contribution >= 0.6 is 0 Å². The first-order valence-electron chi connectivity index (χ1n) is 6.58. The second kappa shape index (κ2) is 6.87. The number of carbonyl (C=O) groups excluding carboxylic acids is 1. The van der Waals surface area contributed by atoms with Gasteiger partial charge in [0.25, 0.3) is 11.6 Å². The molecule has 0 saturated carbocycles. The predicted molar refractivity (Wildman–Crippen MR) is 75.2 cm³/mol. The van der Waals surface area contributed by atoms with Gasteiger partial charge in [0, 0.05) is 25.1 Å². The first kappa shape index (κ1) is 16.7. The number of hydrogen-bond donors (Lipinski definition) is 2. The first-order chi connectivity index (χ1) is 9.72. The largest absolute Gasteiger partial charge is 0.481 e. The number of carbonyl (C=O) groups is 2. The monoisotopic (exact) mass is 297 g/mol. The maximum absolute atomic E-state index is 12.1. The van der Waals surface area contributed by atoms with Crippen molar-refractivity contribution >= 4 is 17.6 Å². The summed E-state index contributed by atoms with van der Waals surface area (Å²) >= 11 is 0. The Hall–Kier alpha value is -2.38. The number of carboxylic acid groups (broad SMARTS) is 1. The van der Waals surface area contributed by atoms with Crippen LogP contribution in [0, 0.1) is 16.0 Å². The summed E-state index contributed by atoms with van der Waals surface area (Å²) < 4.78 is 1.52. The quantitative estimate of drug-likeness (QED) is 0.588. The maximum atomic E-state index is 12.1. The average Bonchev–Trinajstić information content (AvgIpc) is 2.80. The van der Waals surface area contributed by atoms with Crippen molar-refractivity contribution in [1.29, 1.82) is 0 Å². The molecule has 1 heterocycles. The van der Waals surface area contributed by atoms with Crippen molar-refractivity contribution < 1.29 is 19.6 Å². The summed E-state index contributed by atoms with van der Waals surface area (Å²) in [6, 6.07) is 1.12. The number of nitrogens with zero attached hydrogens (tertiary/aromatic N) is 2. The summed E-state index contributed by atoms with van der Waals surface area (Å²) in [4.78, 5) is 32.9. The number of amides is 1. The van der Waals surface area contributed by atoms with Crippen LogP contribution < -0.4 is 5.32 Å². The van der Waals surface area contributed by atoms with Gasteiger partial charge in [0.2, 0.25) is 0 Å². The Morgan fingerprint density at radius 2 is 2.05 bits per heavy atom. The maximum Gasteiger partial charge on any atom is 0.303 e. The van der Waals surface area contributed by atoms with Crippen LogP contribution in [0.3, 0.4) is 0 Å². The van der Waals surface area contributed by atoms with E-state index in [1.165, 1.54) is 16.8 Å². The van der Waals surface area contributed by atoms with Crippen LogP contribution in [0.1, 0.15) is 43.7 Å². The Bertz CT molecular complexity index is 550. The Balaban J connectivity index is 2.82. The topological polar surface area (TPSA) is 114 Å². The molecular weight excluding hydrogens is 278 g/mol. The van der Waals surface area contributed by atoms with Crippen LogP contribution in [0.4, 0.5) is 5.69 Å². The minimum atomic E-state index is -0.932. The molecule has 0 aliphatic heterocycles. The molecule has 0 aromatic carbocycles. The van der Waals surface area contributed by atoms with E-state index in [1.54, 1.807) is 6.92 Å². The molecule has 8 heteroatoms. The smallest absolute Gasteiger partial charge is 0.303 e. The van der Waals surface area contributed by atoms with Gasteiger partial charge in [0.05, 0.1) is 11.1 Å². The van der Waals surface area contributed by atoms with Gasteiger partial charge in [-0.05, 0) is 19.8 Å². The van der Waals surface area contributed by atoms with Gasteiger partial charge in [0.1, 0.15) is 5.69 Å². The number of aliphatic carboxylic acids is 1. The third kappa shape index (κ3) is 4.59. The summed E-state index contributed by atoms with van der Waals surface area (Å²) in [6.45, 7) is 5.53. The summed E-state index contributed by atoms with van der Waals surface area (Å²) in [5.74, 6) is -1.60. The predicted octanol–water partition coefficient (Wildman–Crippen LogP) is 1.82. The molecule has 0 aliphatic rings. The Morgan fingerprint density at radius 3 is 2.52 bits per heavy atom. The second-order valence-electron chi connectivity index (χ2n) is 5.25. The Morgan fingerprint density at radius 1 is 1.43 bits per heavy atom. The summed E-state index contributed by atoms with van der Waals surface area (Å²) in [5, 5.41) is 22.1. The molecular formula is C13H19N3O5. The van der Waals surface area contributed by atoms with Crippen molar-refractivity contribution in [2.45, 2.75) is 33.2 Å². The minimum Gasteiger partial charge on any atom is -0.481 e. The van der Waals surface area contributed by atoms with Crippen molar-refractivity contribution in [2.75, 3.05) is 6.54 Å². The van der Waals surface area contributed by atoms with E-state index in [-0.39, 0.29) is 36.3 Å². The van der Waals surface area contributed by atoms with Crippen LogP contribution in [0.15, 0.2) is 12.3 Å². The van der Waals surface area contributed by atoms with Gasteiger partial charge >= 0.3 is 5.97 Å². The van der Waals surface area contributed by atoms with Crippen LogP contribution in [-0.2, 0) is 4.79 Å². The van der Waals surface area contributed by atoms with Gasteiger partial charge in [-0.2, -0.15) is 0 Å². The van der Waals surface area contributed by atoms with Crippen LogP contribution in [0.25, 0.3) is 0 Å². The number of carboxylic acids is 1. The molecule has 21 heavy (non-hydrogen) atoms. The molecule has 0 aliphatic carbocycles. The molecule has 1 aromatic rings. The van der Waals surface area contributed by atoms with Crippen LogP contribution in [-0.4, -0.2) is 33.0 Å². The van der Waals surface area contributed by atoms with E-state index in [2.05, 4.69) is 5.32 Å². The van der Waals surface area contributed by atoms with Gasteiger partial charge in [-0.25, -0.2) is 0 Å². The van der Waals surface area contributed by atoms with Crippen molar-refractivity contribution in [1.82, 2.24) is 9.88 Å². The minimum absolute atomic E-state index is 0.0500. The van der Waals surface area contributed by atoms with E-state index >= 15 is 0 Å². The zero-order valence-electron chi connectivity index (χ0n) is 12.2. The highest BCUT2D eigenvalue weighted by Gasteiger charge is 2.21. The Labute approximate surface area is 121 Å². The zero-order chi connectivity index (χ0) is 16.2. The average molecular weight is 297 g/mol. The lowest BCUT2D eigenvalue weighted by molar-refractivity contribution is -0.384. The van der Waals surface area contributed by atoms with Gasteiger partial charge in [0.15, 0.2) is 0 Å². The number of hydrogen-bond acceptors (Lipinski definition) is 4. The standard InChI is InChI=1S/C13H19N3O5/c1-8(2)15-7-10(16(20)21)5-11(15)13(19)14-6-9(3)4-12(17)18/h5,7-9H,4,6H2,1-3H3,(H,14,19)(H,17,18). The fourth-order valence-electron chi connectivity index (χ4n) is 1.90. The molecule has 1 amide bonds. The SMILES string of the molecule is CC(CNC(=O)c1cc([N+](=O)[O-])cn1C(C)C)CC(=O)O. The van der Waals surface area contributed by atoms with Gasteiger partial charge in [-0.3, -0.25) is 19.7 Å². The van der Waals surface area contributed by atoms with E-state index in [9.17, 15) is 19.7 Å². The molecule has 0 spiro atoms. The highest BCUT2D eigenvalue weighted by molar-refractivity contribution is 5.93. The normalized spacial score (nSPS) is 12.2. The van der Waals surface area contributed by atoms with Crippen LogP contribution in [0.2, 0.25) is 0 Å². The lowest BCUT2D eigenvalue weighted by Gasteiger charge is -2.14. The van der Waals surface area contributed by atoms with Gasteiger partial charge in [-0.1, -0.05) is 6.92 Å². The van der Waals surface area contributed by atoms with Gasteiger partial charge in [-0.15, -0.1) is 0 Å². The van der Waals surface area contributed by atoms with Crippen molar-refractivity contribution in [3.63, 3.8) is 0 Å².